The van der Waals surface area contributed by atoms with E-state index in [1.807, 2.05) is 0 Å². The van der Waals surface area contributed by atoms with Crippen LogP contribution in [0.2, 0.25) is 0 Å². The summed E-state index contributed by atoms with van der Waals surface area (Å²) in [6.45, 7) is 9.31. The highest BCUT2D eigenvalue weighted by Crippen LogP contribution is 2.50. The van der Waals surface area contributed by atoms with E-state index >= 15 is 0 Å². The number of rotatable bonds is 2. The monoisotopic (exact) mass is 502 g/mol. The summed E-state index contributed by atoms with van der Waals surface area (Å²) in [4.78, 5) is 5.21. The summed E-state index contributed by atoms with van der Waals surface area (Å²) in [7, 11) is 0. The molecule has 0 amide bonds. The molecule has 0 radical (unpaired) electrons. The maximum Gasteiger partial charge on any atom is 0.0682 e. The average Bonchev–Trinajstić information content (AvgIpc) is 3.50. The lowest BCUT2D eigenvalue weighted by Gasteiger charge is -2.23. The van der Waals surface area contributed by atoms with E-state index in [2.05, 4.69) is 141 Å². The molecule has 0 fully saturated rings. The van der Waals surface area contributed by atoms with Crippen LogP contribution >= 0.6 is 0 Å². The number of fused-ring (bicyclic) bond motifs is 7. The molecule has 0 N–H and O–H groups in total. The van der Waals surface area contributed by atoms with Crippen molar-refractivity contribution < 1.29 is 0 Å². The number of hydrogen-bond donors (Lipinski definition) is 0. The van der Waals surface area contributed by atoms with Gasteiger partial charge in [-0.3, -0.25) is 4.99 Å². The summed E-state index contributed by atoms with van der Waals surface area (Å²) in [6, 6.07) is 40.0. The quantitative estimate of drug-likeness (QED) is 0.224. The zero-order valence-electron chi connectivity index (χ0n) is 22.8. The molecule has 0 unspecified atom stereocenters. The predicted molar refractivity (Wildman–Crippen MR) is 164 cm³/mol. The summed E-state index contributed by atoms with van der Waals surface area (Å²) in [5.74, 6) is 0. The predicted octanol–water partition coefficient (Wildman–Crippen LogP) is 9.50. The second-order valence-corrected chi connectivity index (χ2v) is 12.1. The van der Waals surface area contributed by atoms with E-state index < -0.39 is 0 Å². The molecule has 0 atom stereocenters. The van der Waals surface area contributed by atoms with Crippen molar-refractivity contribution in [1.29, 1.82) is 0 Å². The van der Waals surface area contributed by atoms with Crippen molar-refractivity contribution in [3.63, 3.8) is 0 Å². The summed E-state index contributed by atoms with van der Waals surface area (Å²) in [6.07, 6.45) is 0. The highest BCUT2D eigenvalue weighted by molar-refractivity contribution is 6.16. The zero-order valence-corrected chi connectivity index (χ0v) is 22.8. The fraction of sp³-hybridized carbons (Fsp3) is 0.162. The highest BCUT2D eigenvalue weighted by atomic mass is 15.0. The third-order valence-electron chi connectivity index (χ3n) is 9.16. The first-order valence-electron chi connectivity index (χ1n) is 13.8. The molecule has 2 heterocycles. The molecule has 6 aromatic rings. The molecule has 1 aliphatic heterocycles. The minimum atomic E-state index is -0.187. The molecule has 1 aliphatic carbocycles. The van der Waals surface area contributed by atoms with Gasteiger partial charge in [0.2, 0.25) is 0 Å². The lowest BCUT2D eigenvalue weighted by Crippen LogP contribution is -2.26. The second kappa shape index (κ2) is 7.57. The third kappa shape index (κ3) is 2.95. The van der Waals surface area contributed by atoms with Crippen LogP contribution in [0.5, 0.6) is 0 Å². The van der Waals surface area contributed by atoms with Crippen molar-refractivity contribution in [2.24, 2.45) is 4.99 Å². The van der Waals surface area contributed by atoms with Gasteiger partial charge in [0, 0.05) is 27.3 Å². The van der Waals surface area contributed by atoms with Crippen LogP contribution in [0, 0.1) is 0 Å². The van der Waals surface area contributed by atoms with Crippen molar-refractivity contribution in [3.05, 3.63) is 131 Å². The first-order chi connectivity index (χ1) is 18.9. The Hall–Kier alpha value is -4.43. The smallest absolute Gasteiger partial charge is 0.0682 e. The lowest BCUT2D eigenvalue weighted by molar-refractivity contribution is 0.660. The summed E-state index contributed by atoms with van der Waals surface area (Å²) < 4.78 is 2.46. The minimum Gasteiger partial charge on any atom is -0.309 e. The fourth-order valence-corrected chi connectivity index (χ4v) is 7.12. The highest BCUT2D eigenvalue weighted by Gasteiger charge is 2.37. The van der Waals surface area contributed by atoms with Gasteiger partial charge in [-0.2, -0.15) is 0 Å². The molecule has 188 valence electrons. The minimum absolute atomic E-state index is 0.0393. The number of aliphatic imine (C=N–C) groups is 1. The van der Waals surface area contributed by atoms with E-state index in [4.69, 9.17) is 4.99 Å². The summed E-state index contributed by atoms with van der Waals surface area (Å²) in [5.41, 5.74) is 13.7. The number of hydrogen-bond acceptors (Lipinski definition) is 1. The SMILES string of the molecule is CC1(C)C(c2ccccc2)=Nc2cc3c4ccccc4n(-c4ccc5c(c4)C(C)(C)c4ccccc4-5)c3cc21. The summed E-state index contributed by atoms with van der Waals surface area (Å²) >= 11 is 0. The first kappa shape index (κ1) is 22.5. The molecule has 2 nitrogen and oxygen atoms in total. The fourth-order valence-electron chi connectivity index (χ4n) is 7.12. The molecule has 0 spiro atoms. The molecule has 0 bridgehead atoms. The summed E-state index contributed by atoms with van der Waals surface area (Å²) in [5, 5.41) is 2.51. The molecule has 39 heavy (non-hydrogen) atoms. The zero-order chi connectivity index (χ0) is 26.5. The number of nitrogens with zero attached hydrogens (tertiary/aromatic N) is 2. The van der Waals surface area contributed by atoms with Crippen molar-refractivity contribution in [3.8, 4) is 16.8 Å². The molecule has 0 saturated heterocycles. The van der Waals surface area contributed by atoms with Crippen molar-refractivity contribution in [1.82, 2.24) is 4.57 Å². The van der Waals surface area contributed by atoms with Gasteiger partial charge >= 0.3 is 0 Å². The van der Waals surface area contributed by atoms with Crippen molar-refractivity contribution in [2.45, 2.75) is 38.5 Å². The Balaban J connectivity index is 1.38. The van der Waals surface area contributed by atoms with E-state index in [0.717, 1.165) is 11.4 Å². The molecule has 2 heteroatoms. The lowest BCUT2D eigenvalue weighted by atomic mass is 9.79. The Morgan fingerprint density at radius 1 is 0.538 bits per heavy atom. The molecule has 1 aromatic heterocycles. The van der Waals surface area contributed by atoms with Crippen molar-refractivity contribution >= 4 is 33.2 Å². The van der Waals surface area contributed by atoms with Crippen LogP contribution in [-0.2, 0) is 10.8 Å². The van der Waals surface area contributed by atoms with E-state index in [1.165, 1.54) is 60.9 Å². The topological polar surface area (TPSA) is 17.3 Å². The molecular formula is C37H30N2. The van der Waals surface area contributed by atoms with Gasteiger partial charge in [0.25, 0.3) is 0 Å². The van der Waals surface area contributed by atoms with Crippen LogP contribution in [-0.4, -0.2) is 10.3 Å². The molecular weight excluding hydrogens is 472 g/mol. The Labute approximate surface area is 229 Å². The number of para-hydroxylation sites is 1. The van der Waals surface area contributed by atoms with E-state index in [0.29, 0.717) is 0 Å². The van der Waals surface area contributed by atoms with Crippen molar-refractivity contribution in [2.75, 3.05) is 0 Å². The van der Waals surface area contributed by atoms with Gasteiger partial charge in [0.05, 0.1) is 22.4 Å². The Kier molecular flexibility index (Phi) is 4.38. The van der Waals surface area contributed by atoms with E-state index in [9.17, 15) is 0 Å². The largest absolute Gasteiger partial charge is 0.309 e. The standard InChI is InChI=1S/C37H30N2/c1-36(2)29-16-10-8-14-25(29)26-19-18-24(20-30(26)36)39-33-17-11-9-15-27(33)28-21-32-31(22-34(28)39)37(3,4)35(38-32)23-12-6-5-7-13-23/h5-22H,1-4H3. The van der Waals surface area contributed by atoms with Gasteiger partial charge in [-0.05, 0) is 63.7 Å². The normalized spacial score (nSPS) is 16.3. The van der Waals surface area contributed by atoms with Crippen LogP contribution in [0.4, 0.5) is 5.69 Å². The molecule has 2 aliphatic rings. The maximum atomic E-state index is 5.21. The van der Waals surface area contributed by atoms with Gasteiger partial charge in [0.1, 0.15) is 0 Å². The molecule has 0 saturated carbocycles. The van der Waals surface area contributed by atoms with Crippen LogP contribution in [0.25, 0.3) is 38.6 Å². The average molecular weight is 503 g/mol. The van der Waals surface area contributed by atoms with Crippen LogP contribution in [0.1, 0.15) is 49.9 Å². The van der Waals surface area contributed by atoms with Crippen LogP contribution in [0.3, 0.4) is 0 Å². The van der Waals surface area contributed by atoms with Gasteiger partial charge in [0.15, 0.2) is 0 Å². The molecule has 8 rings (SSSR count). The van der Waals surface area contributed by atoms with E-state index in [1.54, 1.807) is 0 Å². The molecule has 5 aromatic carbocycles. The number of aromatic nitrogens is 1. The third-order valence-corrected chi connectivity index (χ3v) is 9.16. The van der Waals surface area contributed by atoms with Crippen LogP contribution in [0.15, 0.2) is 114 Å². The maximum absolute atomic E-state index is 5.21. The van der Waals surface area contributed by atoms with Crippen LogP contribution < -0.4 is 0 Å². The van der Waals surface area contributed by atoms with Gasteiger partial charge < -0.3 is 4.57 Å². The Bertz CT molecular complexity index is 2000. The second-order valence-electron chi connectivity index (χ2n) is 12.1. The Morgan fingerprint density at radius 2 is 1.26 bits per heavy atom. The first-order valence-corrected chi connectivity index (χ1v) is 13.8. The van der Waals surface area contributed by atoms with E-state index in [-0.39, 0.29) is 10.8 Å². The van der Waals surface area contributed by atoms with Gasteiger partial charge in [-0.15, -0.1) is 0 Å². The van der Waals surface area contributed by atoms with Gasteiger partial charge in [-0.1, -0.05) is 107 Å². The number of benzene rings is 5. The van der Waals surface area contributed by atoms with Gasteiger partial charge in [-0.25, -0.2) is 0 Å². The Morgan fingerprint density at radius 3 is 2.10 bits per heavy atom.